The van der Waals surface area contributed by atoms with Crippen molar-refractivity contribution < 1.29 is 4.42 Å². The zero-order valence-electron chi connectivity index (χ0n) is 21.1. The average Bonchev–Trinajstić information content (AvgIpc) is 3.38. The molecule has 2 nitrogen and oxygen atoms in total. The van der Waals surface area contributed by atoms with Crippen LogP contribution in [0.4, 0.5) is 17.1 Å². The van der Waals surface area contributed by atoms with E-state index in [0.717, 1.165) is 39.0 Å². The first-order valence-corrected chi connectivity index (χ1v) is 13.3. The molecule has 0 bridgehead atoms. The molecule has 0 radical (unpaired) electrons. The maximum atomic E-state index is 6.93. The second-order valence-electron chi connectivity index (χ2n) is 9.56. The van der Waals surface area contributed by atoms with Crippen molar-refractivity contribution in [2.45, 2.75) is 0 Å². The van der Waals surface area contributed by atoms with E-state index in [1.165, 1.54) is 22.3 Å². The van der Waals surface area contributed by atoms with Gasteiger partial charge in [0, 0.05) is 28.2 Å². The Kier molecular flexibility index (Phi) is 5.88. The molecule has 7 aromatic rings. The highest BCUT2D eigenvalue weighted by molar-refractivity contribution is 6.38. The Labute approximate surface area is 232 Å². The summed E-state index contributed by atoms with van der Waals surface area (Å²) in [5, 5.41) is 2.63. The van der Waals surface area contributed by atoms with Crippen molar-refractivity contribution in [1.29, 1.82) is 0 Å². The molecule has 6 aromatic carbocycles. The van der Waals surface area contributed by atoms with E-state index in [9.17, 15) is 0 Å². The normalized spacial score (nSPS) is 11.2. The second kappa shape index (κ2) is 9.83. The van der Waals surface area contributed by atoms with Crippen LogP contribution in [0.1, 0.15) is 0 Å². The van der Waals surface area contributed by atoms with E-state index < -0.39 is 0 Å². The highest BCUT2D eigenvalue weighted by Gasteiger charge is 2.18. The Bertz CT molecular complexity index is 1810. The van der Waals surface area contributed by atoms with Gasteiger partial charge in [-0.25, -0.2) is 0 Å². The largest absolute Gasteiger partial charge is 0.456 e. The molecule has 0 N–H and O–H groups in total. The van der Waals surface area contributed by atoms with E-state index in [2.05, 4.69) is 114 Å². The van der Waals surface area contributed by atoms with E-state index >= 15 is 0 Å². The Balaban J connectivity index is 1.36. The van der Waals surface area contributed by atoms with Gasteiger partial charge in [-0.1, -0.05) is 115 Å². The van der Waals surface area contributed by atoms with Gasteiger partial charge in [-0.3, -0.25) is 0 Å². The molecule has 1 heterocycles. The predicted octanol–water partition coefficient (Wildman–Crippen LogP) is 11.0. The van der Waals surface area contributed by atoms with Crippen LogP contribution >= 0.6 is 11.6 Å². The standard InChI is InChI=1S/C36H24ClNO/c37-33-23-31(24-35-36(33)32-13-7-8-14-34(32)39-35)38(29-19-15-27(16-20-29)25-9-3-1-4-10-25)30-21-17-28(18-22-30)26-11-5-2-6-12-26/h1-24H. The molecule has 1 aromatic heterocycles. The van der Waals surface area contributed by atoms with E-state index in [-0.39, 0.29) is 0 Å². The third-order valence-corrected chi connectivity index (χ3v) is 7.44. The van der Waals surface area contributed by atoms with Crippen molar-refractivity contribution in [3.63, 3.8) is 0 Å². The summed E-state index contributed by atoms with van der Waals surface area (Å²) in [6.45, 7) is 0. The fourth-order valence-electron chi connectivity index (χ4n) is 5.23. The van der Waals surface area contributed by atoms with Crippen LogP contribution in [0.2, 0.25) is 5.02 Å². The maximum Gasteiger partial charge on any atom is 0.139 e. The molecule has 0 amide bonds. The Morgan fingerprint density at radius 1 is 0.436 bits per heavy atom. The molecule has 0 unspecified atom stereocenters. The molecule has 0 atom stereocenters. The van der Waals surface area contributed by atoms with Crippen LogP contribution in [0, 0.1) is 0 Å². The molecule has 0 fully saturated rings. The molecule has 0 spiro atoms. The summed E-state index contributed by atoms with van der Waals surface area (Å²) in [6.07, 6.45) is 0. The SMILES string of the molecule is Clc1cc(N(c2ccc(-c3ccccc3)cc2)c2ccc(-c3ccccc3)cc2)cc2oc3ccccc3c12. The minimum atomic E-state index is 0.666. The lowest BCUT2D eigenvalue weighted by atomic mass is 10.0. The smallest absolute Gasteiger partial charge is 0.139 e. The topological polar surface area (TPSA) is 16.4 Å². The van der Waals surface area contributed by atoms with E-state index in [0.29, 0.717) is 5.02 Å². The molecule has 7 rings (SSSR count). The predicted molar refractivity (Wildman–Crippen MR) is 164 cm³/mol. The fourth-order valence-corrected chi connectivity index (χ4v) is 5.54. The first-order chi connectivity index (χ1) is 19.2. The van der Waals surface area contributed by atoms with Gasteiger partial charge in [-0.05, 0) is 58.7 Å². The number of fused-ring (bicyclic) bond motifs is 3. The Morgan fingerprint density at radius 3 is 1.49 bits per heavy atom. The molecule has 186 valence electrons. The molecule has 0 saturated carbocycles. The van der Waals surface area contributed by atoms with E-state index in [1.54, 1.807) is 0 Å². The molecule has 0 aliphatic carbocycles. The van der Waals surface area contributed by atoms with Crippen LogP contribution in [0.5, 0.6) is 0 Å². The zero-order valence-corrected chi connectivity index (χ0v) is 21.8. The molecule has 0 saturated heterocycles. The van der Waals surface area contributed by atoms with Crippen LogP contribution in [0.15, 0.2) is 150 Å². The second-order valence-corrected chi connectivity index (χ2v) is 9.97. The zero-order chi connectivity index (χ0) is 26.2. The summed E-state index contributed by atoms with van der Waals surface area (Å²) in [4.78, 5) is 2.22. The molecular formula is C36H24ClNO. The lowest BCUT2D eigenvalue weighted by Crippen LogP contribution is -2.10. The number of furan rings is 1. The van der Waals surface area contributed by atoms with Gasteiger partial charge >= 0.3 is 0 Å². The van der Waals surface area contributed by atoms with Crippen molar-refractivity contribution in [3.8, 4) is 22.3 Å². The summed E-state index contributed by atoms with van der Waals surface area (Å²) < 4.78 is 6.24. The van der Waals surface area contributed by atoms with Gasteiger partial charge in [-0.15, -0.1) is 0 Å². The lowest BCUT2D eigenvalue weighted by molar-refractivity contribution is 0.669. The van der Waals surface area contributed by atoms with Gasteiger partial charge in [0.15, 0.2) is 0 Å². The minimum Gasteiger partial charge on any atom is -0.456 e. The van der Waals surface area contributed by atoms with Gasteiger partial charge in [0.2, 0.25) is 0 Å². The first-order valence-electron chi connectivity index (χ1n) is 13.0. The minimum absolute atomic E-state index is 0.666. The molecule has 0 aliphatic rings. The van der Waals surface area contributed by atoms with Gasteiger partial charge in [0.05, 0.1) is 10.7 Å². The number of hydrogen-bond donors (Lipinski definition) is 0. The molecule has 39 heavy (non-hydrogen) atoms. The van der Waals surface area contributed by atoms with Gasteiger partial charge in [0.1, 0.15) is 11.2 Å². The number of rotatable bonds is 5. The number of anilines is 3. The summed E-state index contributed by atoms with van der Waals surface area (Å²) in [7, 11) is 0. The average molecular weight is 522 g/mol. The number of nitrogens with zero attached hydrogens (tertiary/aromatic N) is 1. The van der Waals surface area contributed by atoms with Gasteiger partial charge < -0.3 is 9.32 Å². The lowest BCUT2D eigenvalue weighted by Gasteiger charge is -2.26. The summed E-state index contributed by atoms with van der Waals surface area (Å²) in [5.41, 5.74) is 9.33. The van der Waals surface area contributed by atoms with Crippen molar-refractivity contribution in [3.05, 3.63) is 151 Å². The number of halogens is 1. The maximum absolute atomic E-state index is 6.93. The van der Waals surface area contributed by atoms with Crippen molar-refractivity contribution in [2.75, 3.05) is 4.90 Å². The van der Waals surface area contributed by atoms with Gasteiger partial charge in [-0.2, -0.15) is 0 Å². The van der Waals surface area contributed by atoms with Crippen LogP contribution in [-0.4, -0.2) is 0 Å². The number of benzene rings is 6. The van der Waals surface area contributed by atoms with E-state index in [4.69, 9.17) is 16.0 Å². The highest BCUT2D eigenvalue weighted by Crippen LogP contribution is 2.42. The monoisotopic (exact) mass is 521 g/mol. The first kappa shape index (κ1) is 23.3. The van der Waals surface area contributed by atoms with Crippen LogP contribution in [-0.2, 0) is 0 Å². The van der Waals surface area contributed by atoms with Gasteiger partial charge in [0.25, 0.3) is 0 Å². The third kappa shape index (κ3) is 4.35. The summed E-state index contributed by atoms with van der Waals surface area (Å²) in [6, 6.07) is 50.3. The molecular weight excluding hydrogens is 498 g/mol. The van der Waals surface area contributed by atoms with Crippen LogP contribution in [0.25, 0.3) is 44.2 Å². The molecule has 0 aliphatic heterocycles. The third-order valence-electron chi connectivity index (χ3n) is 7.14. The highest BCUT2D eigenvalue weighted by atomic mass is 35.5. The number of hydrogen-bond acceptors (Lipinski definition) is 2. The number of para-hydroxylation sites is 1. The fraction of sp³-hybridized carbons (Fsp3) is 0. The van der Waals surface area contributed by atoms with Crippen molar-refractivity contribution in [1.82, 2.24) is 0 Å². The van der Waals surface area contributed by atoms with Crippen molar-refractivity contribution in [2.24, 2.45) is 0 Å². The Hall–Kier alpha value is -4.79. The summed E-state index contributed by atoms with van der Waals surface area (Å²) in [5.74, 6) is 0. The summed E-state index contributed by atoms with van der Waals surface area (Å²) >= 11 is 6.93. The Morgan fingerprint density at radius 2 is 0.923 bits per heavy atom. The van der Waals surface area contributed by atoms with Crippen LogP contribution < -0.4 is 4.90 Å². The molecule has 3 heteroatoms. The van der Waals surface area contributed by atoms with Crippen molar-refractivity contribution >= 4 is 50.6 Å². The van der Waals surface area contributed by atoms with E-state index in [1.807, 2.05) is 36.4 Å². The van der Waals surface area contributed by atoms with Crippen LogP contribution in [0.3, 0.4) is 0 Å². The quantitative estimate of drug-likeness (QED) is 0.224.